The lowest BCUT2D eigenvalue weighted by Crippen LogP contribution is -2.58. The number of nitrogens with zero attached hydrogens (tertiary/aromatic N) is 3. The molecule has 0 radical (unpaired) electrons. The summed E-state index contributed by atoms with van der Waals surface area (Å²) < 4.78 is 68.2. The number of cyclic esters (lactones) is 1. The monoisotopic (exact) mass is 986 g/mol. The lowest BCUT2D eigenvalue weighted by Gasteiger charge is -2.33. The molecular formula is C46H54ClF2N6O10PS. The quantitative estimate of drug-likeness (QED) is 0.0825. The van der Waals surface area contributed by atoms with Gasteiger partial charge in [-0.1, -0.05) is 24.1 Å². The van der Waals surface area contributed by atoms with Gasteiger partial charge < -0.3 is 44.7 Å². The Bertz CT molecular complexity index is 2580. The molecule has 4 N–H and O–H groups in total. The fourth-order valence-electron chi connectivity index (χ4n) is 9.39. The fourth-order valence-corrected chi connectivity index (χ4v) is 13.0. The number of amides is 3. The second-order valence-corrected chi connectivity index (χ2v) is 21.8. The standard InChI is InChI=1S/C46H54ClF2N6O10PS/c1-24(2)50-44-52-34(23-67-44)33-19-37(29-16-17-36(62-4)39(47)41(29)51-33)64-28-18-35-42(57)54-46(66(60,61)22-30-31(48)13-9-14-32(30)49)20-26(46)10-5-8-15-38(56)63-25(3)40(43(58)55(35)21-28)53-45(59)65-27-11-6-7-12-27/h9,13-14,16-17,19,23-28,35,40H,5-8,10-12,15,18,20-22H2,1-4H3,(H,50,52)(H,53,59)(H,54,57)(H,60,61)/t25-,26-,28+,35-,40-,46-/m0/s1. The molecule has 4 aliphatic rings. The molecule has 2 saturated heterocycles. The Morgan fingerprint density at radius 3 is 2.51 bits per heavy atom. The van der Waals surface area contributed by atoms with E-state index in [2.05, 4.69) is 16.0 Å². The van der Waals surface area contributed by atoms with Gasteiger partial charge in [-0.25, -0.2) is 23.5 Å². The highest BCUT2D eigenvalue weighted by Crippen LogP contribution is 2.71. The highest BCUT2D eigenvalue weighted by Gasteiger charge is 2.66. The van der Waals surface area contributed by atoms with E-state index in [0.717, 1.165) is 31.0 Å². The summed E-state index contributed by atoms with van der Waals surface area (Å²) >= 11 is 8.24. The van der Waals surface area contributed by atoms with Gasteiger partial charge in [0.05, 0.1) is 31.0 Å². The lowest BCUT2D eigenvalue weighted by atomic mass is 10.1. The number of rotatable bonds is 11. The Kier molecular flexibility index (Phi) is 14.3. The molecule has 1 unspecified atom stereocenters. The van der Waals surface area contributed by atoms with E-state index in [1.54, 1.807) is 18.2 Å². The average molecular weight is 987 g/mol. The van der Waals surface area contributed by atoms with Crippen molar-refractivity contribution in [1.82, 2.24) is 25.5 Å². The van der Waals surface area contributed by atoms with Crippen molar-refractivity contribution in [1.29, 1.82) is 0 Å². The van der Waals surface area contributed by atoms with Gasteiger partial charge in [0.2, 0.25) is 19.2 Å². The SMILES string of the molecule is COc1ccc2c(O[C@@H]3C[C@H]4C(=O)N[C@]5(P(=O)(O)Cc6c(F)cccc6F)C[C@@H]5CCCCC(=O)O[C@@H](C)[C@H](NC(=O)OC5CCCC5)C(=O)N4C3)cc(-c3csc(NC(C)C)n3)nc2c1Cl. The second kappa shape index (κ2) is 19.9. The summed E-state index contributed by atoms with van der Waals surface area (Å²) in [7, 11) is -3.20. The molecule has 4 heterocycles. The predicted octanol–water partition coefficient (Wildman–Crippen LogP) is 8.31. The van der Waals surface area contributed by atoms with E-state index < -0.39 is 90.1 Å². The van der Waals surface area contributed by atoms with Crippen LogP contribution in [0.5, 0.6) is 11.5 Å². The molecule has 16 nitrogen and oxygen atoms in total. The van der Waals surface area contributed by atoms with Gasteiger partial charge in [-0.2, -0.15) is 0 Å². The molecule has 21 heteroatoms. The van der Waals surface area contributed by atoms with Crippen molar-refractivity contribution < 1.29 is 56.4 Å². The Labute approximate surface area is 395 Å². The van der Waals surface area contributed by atoms with Crippen LogP contribution in [0, 0.1) is 17.6 Å². The third-order valence-electron chi connectivity index (χ3n) is 12.9. The molecule has 67 heavy (non-hydrogen) atoms. The van der Waals surface area contributed by atoms with Crippen molar-refractivity contribution in [3.8, 4) is 22.9 Å². The maximum absolute atomic E-state index is 15.0. The van der Waals surface area contributed by atoms with Gasteiger partial charge in [0.15, 0.2) is 5.13 Å². The van der Waals surface area contributed by atoms with Crippen LogP contribution in [0.1, 0.15) is 90.5 Å². The number of ether oxygens (including phenoxy) is 4. The summed E-state index contributed by atoms with van der Waals surface area (Å²) in [4.78, 5) is 79.2. The van der Waals surface area contributed by atoms with Gasteiger partial charge in [-0.3, -0.25) is 18.9 Å². The number of anilines is 1. The van der Waals surface area contributed by atoms with Crippen molar-refractivity contribution >= 4 is 70.2 Å². The van der Waals surface area contributed by atoms with Crippen LogP contribution in [-0.4, -0.2) is 99.0 Å². The zero-order chi connectivity index (χ0) is 47.8. The number of benzene rings is 2. The van der Waals surface area contributed by atoms with Crippen LogP contribution in [0.15, 0.2) is 41.8 Å². The molecule has 2 saturated carbocycles. The first-order chi connectivity index (χ1) is 32.0. The number of carbonyl (C=O) groups is 4. The van der Waals surface area contributed by atoms with Gasteiger partial charge in [-0.05, 0) is 95.9 Å². The molecule has 360 valence electrons. The minimum Gasteiger partial charge on any atom is -0.495 e. The molecule has 4 fully saturated rings. The lowest BCUT2D eigenvalue weighted by molar-refractivity contribution is -0.154. The van der Waals surface area contributed by atoms with E-state index in [9.17, 15) is 32.6 Å². The largest absolute Gasteiger partial charge is 0.495 e. The van der Waals surface area contributed by atoms with Gasteiger partial charge in [0, 0.05) is 41.3 Å². The van der Waals surface area contributed by atoms with Crippen LogP contribution in [0.4, 0.5) is 18.7 Å². The Hall–Kier alpha value is -5.10. The van der Waals surface area contributed by atoms with Crippen LogP contribution >= 0.6 is 30.3 Å². The minimum atomic E-state index is -4.67. The van der Waals surface area contributed by atoms with E-state index >= 15 is 4.79 Å². The third kappa shape index (κ3) is 10.3. The number of aromatic nitrogens is 2. The van der Waals surface area contributed by atoms with Crippen molar-refractivity contribution in [3.05, 3.63) is 64.0 Å². The topological polar surface area (TPSA) is 208 Å². The highest BCUT2D eigenvalue weighted by molar-refractivity contribution is 7.59. The van der Waals surface area contributed by atoms with Gasteiger partial charge >= 0.3 is 12.1 Å². The first kappa shape index (κ1) is 48.4. The van der Waals surface area contributed by atoms with Crippen LogP contribution in [0.2, 0.25) is 5.02 Å². The first-order valence-electron chi connectivity index (χ1n) is 22.6. The summed E-state index contributed by atoms with van der Waals surface area (Å²) in [6.07, 6.45) is -0.568. The number of carbonyl (C=O) groups excluding carboxylic acids is 4. The van der Waals surface area contributed by atoms with Crippen LogP contribution in [-0.2, 0) is 34.6 Å². The number of esters is 1. The third-order valence-corrected chi connectivity index (χ3v) is 16.7. The maximum atomic E-state index is 15.0. The van der Waals surface area contributed by atoms with Crippen molar-refractivity contribution in [2.75, 3.05) is 19.0 Å². The summed E-state index contributed by atoms with van der Waals surface area (Å²) in [5.41, 5.74) is 0.655. The minimum absolute atomic E-state index is 0.00285. The van der Waals surface area contributed by atoms with E-state index in [1.165, 1.54) is 30.3 Å². The molecule has 3 amide bonds. The van der Waals surface area contributed by atoms with E-state index in [-0.39, 0.29) is 48.7 Å². The Balaban J connectivity index is 1.17. The van der Waals surface area contributed by atoms with Crippen LogP contribution in [0.3, 0.4) is 0 Å². The molecular weight excluding hydrogens is 933 g/mol. The molecule has 4 aromatic rings. The van der Waals surface area contributed by atoms with Crippen molar-refractivity contribution in [3.63, 3.8) is 0 Å². The zero-order valence-electron chi connectivity index (χ0n) is 37.5. The van der Waals surface area contributed by atoms with E-state index in [4.69, 9.17) is 40.5 Å². The number of pyridine rings is 1. The molecule has 2 aromatic carbocycles. The number of thiazole rings is 1. The smallest absolute Gasteiger partial charge is 0.408 e. The molecule has 0 spiro atoms. The summed E-state index contributed by atoms with van der Waals surface area (Å²) in [5.74, 6) is -4.28. The molecule has 2 aliphatic heterocycles. The fraction of sp³-hybridized carbons (Fsp3) is 0.522. The number of hydrogen-bond acceptors (Lipinski definition) is 13. The van der Waals surface area contributed by atoms with Gasteiger partial charge in [0.1, 0.15) is 69.5 Å². The summed E-state index contributed by atoms with van der Waals surface area (Å²) in [6.45, 7) is 5.19. The average Bonchev–Trinajstić information content (AvgIpc) is 3.69. The number of alkyl carbamates (subject to hydrolysis) is 1. The zero-order valence-corrected chi connectivity index (χ0v) is 40.0. The number of hydrogen-bond donors (Lipinski definition) is 4. The van der Waals surface area contributed by atoms with Gasteiger partial charge in [0.25, 0.3) is 0 Å². The molecule has 0 bridgehead atoms. The first-order valence-corrected chi connectivity index (χ1v) is 25.7. The number of fused-ring (bicyclic) bond motifs is 3. The Morgan fingerprint density at radius 1 is 1.06 bits per heavy atom. The number of nitrogens with one attached hydrogen (secondary N) is 3. The highest BCUT2D eigenvalue weighted by atomic mass is 35.5. The summed E-state index contributed by atoms with van der Waals surface area (Å²) in [6, 6.07) is 5.35. The second-order valence-electron chi connectivity index (χ2n) is 18.1. The van der Waals surface area contributed by atoms with Crippen LogP contribution in [0.25, 0.3) is 22.3 Å². The molecule has 7 atom stereocenters. The molecule has 2 aromatic heterocycles. The van der Waals surface area contributed by atoms with Gasteiger partial charge in [-0.15, -0.1) is 11.3 Å². The van der Waals surface area contributed by atoms with Crippen molar-refractivity contribution in [2.24, 2.45) is 5.92 Å². The van der Waals surface area contributed by atoms with Crippen molar-refractivity contribution in [2.45, 2.75) is 133 Å². The summed E-state index contributed by atoms with van der Waals surface area (Å²) in [5, 5.41) is 10.1. The normalized spacial score (nSPS) is 25.8. The number of methoxy groups -OCH3 is 1. The number of halogens is 3. The molecule has 8 rings (SSSR count). The maximum Gasteiger partial charge on any atom is 0.408 e. The molecule has 2 aliphatic carbocycles. The van der Waals surface area contributed by atoms with E-state index in [1.807, 2.05) is 19.2 Å². The van der Waals surface area contributed by atoms with Crippen LogP contribution < -0.4 is 25.4 Å². The predicted molar refractivity (Wildman–Crippen MR) is 246 cm³/mol. The van der Waals surface area contributed by atoms with E-state index in [0.29, 0.717) is 65.3 Å². The Morgan fingerprint density at radius 2 is 1.79 bits per heavy atom.